The molecule has 0 bridgehead atoms. The third-order valence-electron chi connectivity index (χ3n) is 5.53. The fourth-order valence-electron chi connectivity index (χ4n) is 3.76. The van der Waals surface area contributed by atoms with E-state index in [2.05, 4.69) is 32.5 Å². The lowest BCUT2D eigenvalue weighted by Crippen LogP contribution is -2.52. The van der Waals surface area contributed by atoms with Crippen LogP contribution in [0.5, 0.6) is 0 Å². The molecule has 0 unspecified atom stereocenters. The number of likely N-dealkylation sites (tertiary alicyclic amines) is 1. The molecule has 2 aliphatic rings. The van der Waals surface area contributed by atoms with Crippen LogP contribution in [-0.2, 0) is 17.7 Å². The van der Waals surface area contributed by atoms with Crippen molar-refractivity contribution in [1.82, 2.24) is 20.1 Å². The SMILES string of the molecule is CCc1nc(CNC(=NC)N2CCC(N(CC3CC3)C(=O)OC(C)(C)C)CC2)cs1.I. The van der Waals surface area contributed by atoms with E-state index < -0.39 is 5.60 Å². The Hall–Kier alpha value is -1.10. The van der Waals surface area contributed by atoms with Crippen LogP contribution in [0, 0.1) is 5.92 Å². The number of aliphatic imine (C=N–C) groups is 1. The molecule has 176 valence electrons. The predicted molar refractivity (Wildman–Crippen MR) is 137 cm³/mol. The number of rotatable bonds is 6. The minimum absolute atomic E-state index is 0. The van der Waals surface area contributed by atoms with Crippen LogP contribution >= 0.6 is 35.3 Å². The Kier molecular flexibility index (Phi) is 9.85. The first kappa shape index (κ1) is 26.2. The van der Waals surface area contributed by atoms with Crippen LogP contribution in [0.25, 0.3) is 0 Å². The quantitative estimate of drug-likeness (QED) is 0.314. The van der Waals surface area contributed by atoms with Gasteiger partial charge in [-0.25, -0.2) is 9.78 Å². The number of amides is 1. The summed E-state index contributed by atoms with van der Waals surface area (Å²) < 4.78 is 5.71. The molecule has 1 aromatic heterocycles. The minimum atomic E-state index is -0.459. The maximum absolute atomic E-state index is 12.8. The van der Waals surface area contributed by atoms with Gasteiger partial charge in [-0.2, -0.15) is 0 Å². The molecule has 2 fully saturated rings. The monoisotopic (exact) mass is 563 g/mol. The fraction of sp³-hybridized carbons (Fsp3) is 0.773. The predicted octanol–water partition coefficient (Wildman–Crippen LogP) is 4.51. The van der Waals surface area contributed by atoms with Crippen LogP contribution in [0.1, 0.15) is 64.1 Å². The second-order valence-corrected chi connectivity index (χ2v) is 10.2. The van der Waals surface area contributed by atoms with Crippen molar-refractivity contribution in [3.8, 4) is 0 Å². The van der Waals surface area contributed by atoms with E-state index >= 15 is 0 Å². The lowest BCUT2D eigenvalue weighted by molar-refractivity contribution is 0.00928. The first-order chi connectivity index (χ1) is 14.3. The minimum Gasteiger partial charge on any atom is -0.444 e. The number of aromatic nitrogens is 1. The van der Waals surface area contributed by atoms with Gasteiger partial charge < -0.3 is 19.9 Å². The summed E-state index contributed by atoms with van der Waals surface area (Å²) >= 11 is 1.71. The zero-order valence-corrected chi connectivity index (χ0v) is 22.7. The number of hydrogen-bond acceptors (Lipinski definition) is 5. The molecule has 0 atom stereocenters. The second-order valence-electron chi connectivity index (χ2n) is 9.28. The van der Waals surface area contributed by atoms with Gasteiger partial charge >= 0.3 is 6.09 Å². The number of nitrogens with zero attached hydrogens (tertiary/aromatic N) is 4. The van der Waals surface area contributed by atoms with E-state index in [0.29, 0.717) is 12.5 Å². The van der Waals surface area contributed by atoms with E-state index in [1.165, 1.54) is 17.8 Å². The van der Waals surface area contributed by atoms with E-state index in [-0.39, 0.29) is 36.1 Å². The number of guanidine groups is 1. The van der Waals surface area contributed by atoms with Crippen molar-refractivity contribution in [3.63, 3.8) is 0 Å². The molecule has 0 radical (unpaired) electrons. The summed E-state index contributed by atoms with van der Waals surface area (Å²) in [6.07, 6.45) is 5.13. The van der Waals surface area contributed by atoms with Gasteiger partial charge in [0.15, 0.2) is 5.96 Å². The summed E-state index contributed by atoms with van der Waals surface area (Å²) in [6, 6.07) is 0.237. The first-order valence-corrected chi connectivity index (χ1v) is 12.1. The molecule has 0 aromatic carbocycles. The molecule has 9 heteroatoms. The third kappa shape index (κ3) is 8.07. The van der Waals surface area contributed by atoms with E-state index in [1.807, 2.05) is 32.7 Å². The molecule has 2 heterocycles. The molecular formula is C22H38IN5O2S. The van der Waals surface area contributed by atoms with Crippen molar-refractivity contribution in [2.24, 2.45) is 10.9 Å². The number of carbonyl (C=O) groups excluding carboxylic acids is 1. The normalized spacial score (nSPS) is 17.8. The largest absolute Gasteiger partial charge is 0.444 e. The molecule has 31 heavy (non-hydrogen) atoms. The molecule has 1 saturated carbocycles. The number of aryl methyl sites for hydroxylation is 1. The van der Waals surface area contributed by atoms with Gasteiger partial charge in [-0.1, -0.05) is 6.92 Å². The molecule has 1 aromatic rings. The van der Waals surface area contributed by atoms with E-state index in [0.717, 1.165) is 50.6 Å². The first-order valence-electron chi connectivity index (χ1n) is 11.2. The fourth-order valence-corrected chi connectivity index (χ4v) is 4.50. The summed E-state index contributed by atoms with van der Waals surface area (Å²) in [5.74, 6) is 1.56. The summed E-state index contributed by atoms with van der Waals surface area (Å²) in [5, 5.41) is 6.73. The van der Waals surface area contributed by atoms with Crippen molar-refractivity contribution in [1.29, 1.82) is 0 Å². The number of hydrogen-bond donors (Lipinski definition) is 1. The number of halogens is 1. The molecule has 1 amide bonds. The molecule has 1 aliphatic heterocycles. The van der Waals surface area contributed by atoms with Gasteiger partial charge in [0.2, 0.25) is 0 Å². The van der Waals surface area contributed by atoms with E-state index in [4.69, 9.17) is 4.74 Å². The van der Waals surface area contributed by atoms with Gasteiger partial charge in [0.05, 0.1) is 17.2 Å². The van der Waals surface area contributed by atoms with Crippen molar-refractivity contribution in [3.05, 3.63) is 16.1 Å². The zero-order valence-electron chi connectivity index (χ0n) is 19.5. The highest BCUT2D eigenvalue weighted by molar-refractivity contribution is 14.0. The van der Waals surface area contributed by atoms with Gasteiger partial charge in [-0.3, -0.25) is 4.99 Å². The van der Waals surface area contributed by atoms with Crippen LogP contribution in [0.15, 0.2) is 10.4 Å². The average Bonchev–Trinajstić information content (AvgIpc) is 3.41. The summed E-state index contributed by atoms with van der Waals surface area (Å²) in [4.78, 5) is 26.2. The lowest BCUT2D eigenvalue weighted by atomic mass is 10.0. The Morgan fingerprint density at radius 1 is 1.32 bits per heavy atom. The second kappa shape index (κ2) is 11.7. The number of ether oxygens (including phenoxy) is 1. The standard InChI is InChI=1S/C22H37N5O2S.HI/c1-6-19-25-17(15-30-19)13-24-20(23-5)26-11-9-18(10-12-26)27(14-16-7-8-16)21(28)29-22(2,3)4;/h15-16,18H,6-14H2,1-5H3,(H,23,24);1H. The summed E-state index contributed by atoms with van der Waals surface area (Å²) in [7, 11) is 1.83. The Labute approximate surface area is 208 Å². The van der Waals surface area contributed by atoms with Gasteiger partial charge in [0.25, 0.3) is 0 Å². The van der Waals surface area contributed by atoms with Crippen molar-refractivity contribution < 1.29 is 9.53 Å². The highest BCUT2D eigenvalue weighted by Crippen LogP contribution is 2.32. The van der Waals surface area contributed by atoms with Gasteiger partial charge in [-0.15, -0.1) is 35.3 Å². The van der Waals surface area contributed by atoms with Gasteiger partial charge in [-0.05, 0) is 58.8 Å². The molecule has 3 rings (SSSR count). The summed E-state index contributed by atoms with van der Waals surface area (Å²) in [6.45, 7) is 11.2. The zero-order chi connectivity index (χ0) is 21.7. The Morgan fingerprint density at radius 3 is 2.52 bits per heavy atom. The number of nitrogens with one attached hydrogen (secondary N) is 1. The molecule has 0 spiro atoms. The Bertz CT molecular complexity index is 737. The van der Waals surface area contributed by atoms with Crippen LogP contribution in [0.4, 0.5) is 4.79 Å². The molecular weight excluding hydrogens is 525 g/mol. The maximum atomic E-state index is 12.8. The third-order valence-corrected chi connectivity index (χ3v) is 6.57. The molecule has 1 aliphatic carbocycles. The van der Waals surface area contributed by atoms with Crippen LogP contribution in [-0.4, -0.2) is 65.2 Å². The molecule has 1 N–H and O–H groups in total. The topological polar surface area (TPSA) is 70.1 Å². The average molecular weight is 564 g/mol. The summed E-state index contributed by atoms with van der Waals surface area (Å²) in [5.41, 5.74) is 0.604. The van der Waals surface area contributed by atoms with Gasteiger partial charge in [0.1, 0.15) is 5.60 Å². The maximum Gasteiger partial charge on any atom is 0.410 e. The number of thiazole rings is 1. The number of carbonyl (C=O) groups is 1. The lowest BCUT2D eigenvalue weighted by Gasteiger charge is -2.40. The van der Waals surface area contributed by atoms with Crippen LogP contribution in [0.3, 0.4) is 0 Å². The highest BCUT2D eigenvalue weighted by Gasteiger charge is 2.35. The highest BCUT2D eigenvalue weighted by atomic mass is 127. The smallest absolute Gasteiger partial charge is 0.410 e. The van der Waals surface area contributed by atoms with Crippen molar-refractivity contribution in [2.75, 3.05) is 26.7 Å². The Balaban J connectivity index is 0.00000341. The number of piperidine rings is 1. The van der Waals surface area contributed by atoms with E-state index in [1.54, 1.807) is 11.3 Å². The van der Waals surface area contributed by atoms with Crippen molar-refractivity contribution in [2.45, 2.75) is 78.0 Å². The van der Waals surface area contributed by atoms with E-state index in [9.17, 15) is 4.79 Å². The molecule has 1 saturated heterocycles. The Morgan fingerprint density at radius 2 is 2.00 bits per heavy atom. The van der Waals surface area contributed by atoms with Crippen molar-refractivity contribution >= 4 is 47.4 Å². The van der Waals surface area contributed by atoms with Crippen LogP contribution in [0.2, 0.25) is 0 Å². The molecule has 7 nitrogen and oxygen atoms in total. The van der Waals surface area contributed by atoms with Crippen LogP contribution < -0.4 is 5.32 Å². The van der Waals surface area contributed by atoms with Gasteiger partial charge in [0, 0.05) is 38.1 Å².